The Morgan fingerprint density at radius 2 is 1.30 bits per heavy atom. The van der Waals surface area contributed by atoms with Crippen LogP contribution in [0.25, 0.3) is 0 Å². The Balaban J connectivity index is 1.84. The highest BCUT2D eigenvalue weighted by atomic mass is 35.5. The Morgan fingerprint density at radius 3 is 1.97 bits per heavy atom. The fourth-order valence-electron chi connectivity index (χ4n) is 2.53. The summed E-state index contributed by atoms with van der Waals surface area (Å²) in [6.45, 7) is 1.69. The van der Waals surface area contributed by atoms with Crippen molar-refractivity contribution in [2.24, 2.45) is 0 Å². The van der Waals surface area contributed by atoms with Crippen LogP contribution in [-0.4, -0.2) is 16.8 Å². The van der Waals surface area contributed by atoms with Crippen LogP contribution in [0, 0.1) is 6.92 Å². The molecule has 158 valence electrons. The van der Waals surface area contributed by atoms with Gasteiger partial charge in [-0.15, -0.1) is 0 Å². The van der Waals surface area contributed by atoms with Crippen molar-refractivity contribution in [2.45, 2.75) is 16.7 Å². The minimum atomic E-state index is -4.02. The average Bonchev–Trinajstić information content (AvgIpc) is 2.67. The number of rotatable bonds is 6. The first kappa shape index (κ1) is 22.7. The monoisotopic (exact) mass is 504 g/mol. The molecule has 0 spiro atoms. The molecule has 0 aliphatic heterocycles. The molecular weight excluding hydrogens is 491 g/mol. The second kappa shape index (κ2) is 8.64. The second-order valence-corrected chi connectivity index (χ2v) is 10.7. The molecule has 0 fully saturated rings. The lowest BCUT2D eigenvalue weighted by Crippen LogP contribution is -2.15. The topological polar surface area (TPSA) is 92.3 Å². The number of hydrogen-bond acceptors (Lipinski definition) is 4. The molecule has 0 aliphatic rings. The molecule has 0 saturated heterocycles. The first-order chi connectivity index (χ1) is 14.0. The van der Waals surface area contributed by atoms with Crippen molar-refractivity contribution in [3.8, 4) is 0 Å². The van der Waals surface area contributed by atoms with E-state index in [-0.39, 0.29) is 25.5 Å². The predicted octanol–water partition coefficient (Wildman–Crippen LogP) is 5.56. The smallest absolute Gasteiger partial charge is 0.263 e. The highest BCUT2D eigenvalue weighted by molar-refractivity contribution is 7.93. The molecule has 0 radical (unpaired) electrons. The minimum Gasteiger partial charge on any atom is -0.280 e. The van der Waals surface area contributed by atoms with Crippen molar-refractivity contribution < 1.29 is 16.8 Å². The van der Waals surface area contributed by atoms with Crippen LogP contribution in [0.2, 0.25) is 15.1 Å². The van der Waals surface area contributed by atoms with Crippen LogP contribution in [-0.2, 0) is 20.0 Å². The van der Waals surface area contributed by atoms with Gasteiger partial charge < -0.3 is 0 Å². The van der Waals surface area contributed by atoms with Gasteiger partial charge >= 0.3 is 0 Å². The van der Waals surface area contributed by atoms with Crippen molar-refractivity contribution in [1.29, 1.82) is 0 Å². The number of halogens is 3. The van der Waals surface area contributed by atoms with E-state index in [9.17, 15) is 16.8 Å². The SMILES string of the molecule is Cc1c(Cl)cccc1NS(=O)(=O)c1ccc(NS(=O)(=O)c2cccc(Cl)c2Cl)cc1. The van der Waals surface area contributed by atoms with Crippen LogP contribution in [0.1, 0.15) is 5.56 Å². The molecule has 0 unspecified atom stereocenters. The van der Waals surface area contributed by atoms with Crippen molar-refractivity contribution >= 4 is 66.2 Å². The molecule has 30 heavy (non-hydrogen) atoms. The van der Waals surface area contributed by atoms with Crippen LogP contribution in [0.15, 0.2) is 70.5 Å². The third-order valence-corrected chi connectivity index (χ3v) is 8.28. The summed E-state index contributed by atoms with van der Waals surface area (Å²) in [6, 6.07) is 14.3. The normalized spacial score (nSPS) is 11.9. The van der Waals surface area contributed by atoms with E-state index in [0.717, 1.165) is 0 Å². The van der Waals surface area contributed by atoms with E-state index in [4.69, 9.17) is 34.8 Å². The van der Waals surface area contributed by atoms with Crippen LogP contribution < -0.4 is 9.44 Å². The van der Waals surface area contributed by atoms with E-state index in [0.29, 0.717) is 16.3 Å². The Hall–Kier alpha value is -1.97. The van der Waals surface area contributed by atoms with Gasteiger partial charge in [-0.05, 0) is 61.0 Å². The van der Waals surface area contributed by atoms with Gasteiger partial charge in [0.25, 0.3) is 20.0 Å². The summed E-state index contributed by atoms with van der Waals surface area (Å²) < 4.78 is 55.2. The van der Waals surface area contributed by atoms with E-state index >= 15 is 0 Å². The summed E-state index contributed by atoms with van der Waals surface area (Å²) in [7, 11) is -7.92. The second-order valence-electron chi connectivity index (χ2n) is 6.20. The van der Waals surface area contributed by atoms with Crippen molar-refractivity contribution in [3.05, 3.63) is 81.3 Å². The summed E-state index contributed by atoms with van der Waals surface area (Å²) in [5.74, 6) is 0. The molecule has 3 rings (SSSR count). The summed E-state index contributed by atoms with van der Waals surface area (Å²) in [5, 5.41) is 0.426. The zero-order chi connectivity index (χ0) is 22.1. The third-order valence-electron chi connectivity index (χ3n) is 4.13. The maximum atomic E-state index is 12.6. The van der Waals surface area contributed by atoms with Gasteiger partial charge in [-0.1, -0.05) is 46.9 Å². The standard InChI is InChI=1S/C19H15Cl3N2O4S2/c1-12-15(20)4-2-6-17(12)24-29(25,26)14-10-8-13(9-11-14)23-30(27,28)18-7-3-5-16(21)19(18)22/h2-11,23-24H,1H3. The zero-order valence-electron chi connectivity index (χ0n) is 15.4. The Kier molecular flexibility index (Phi) is 6.54. The average molecular weight is 506 g/mol. The van der Waals surface area contributed by atoms with Gasteiger partial charge in [0.05, 0.1) is 20.6 Å². The van der Waals surface area contributed by atoms with Crippen LogP contribution >= 0.6 is 34.8 Å². The lowest BCUT2D eigenvalue weighted by molar-refractivity contribution is 0.600. The van der Waals surface area contributed by atoms with E-state index in [1.54, 1.807) is 25.1 Å². The molecule has 6 nitrogen and oxygen atoms in total. The maximum Gasteiger partial charge on any atom is 0.263 e. The molecule has 11 heteroatoms. The van der Waals surface area contributed by atoms with E-state index in [1.807, 2.05) is 0 Å². The lowest BCUT2D eigenvalue weighted by Gasteiger charge is -2.13. The molecule has 0 aliphatic carbocycles. The summed E-state index contributed by atoms with van der Waals surface area (Å²) in [4.78, 5) is -0.239. The lowest BCUT2D eigenvalue weighted by atomic mass is 10.2. The van der Waals surface area contributed by atoms with Crippen molar-refractivity contribution in [2.75, 3.05) is 9.44 Å². The van der Waals surface area contributed by atoms with Crippen LogP contribution in [0.5, 0.6) is 0 Å². The Bertz CT molecular complexity index is 1310. The molecule has 0 aromatic heterocycles. The van der Waals surface area contributed by atoms with E-state index in [2.05, 4.69) is 9.44 Å². The Labute approximate surface area is 189 Å². The first-order valence-corrected chi connectivity index (χ1v) is 12.5. The molecule has 3 aromatic rings. The predicted molar refractivity (Wildman–Crippen MR) is 121 cm³/mol. The first-order valence-electron chi connectivity index (χ1n) is 8.36. The molecule has 0 bridgehead atoms. The number of benzene rings is 3. The molecule has 3 aromatic carbocycles. The quantitative estimate of drug-likeness (QED) is 0.459. The molecule has 0 heterocycles. The fourth-order valence-corrected chi connectivity index (χ4v) is 5.64. The Morgan fingerprint density at radius 1 is 0.700 bits per heavy atom. The number of hydrogen-bond donors (Lipinski definition) is 2. The van der Waals surface area contributed by atoms with Gasteiger partial charge in [0.1, 0.15) is 4.90 Å². The van der Waals surface area contributed by atoms with Crippen LogP contribution in [0.3, 0.4) is 0 Å². The largest absolute Gasteiger partial charge is 0.280 e. The van der Waals surface area contributed by atoms with E-state index in [1.165, 1.54) is 42.5 Å². The van der Waals surface area contributed by atoms with Gasteiger partial charge in [0, 0.05) is 10.7 Å². The maximum absolute atomic E-state index is 12.6. The van der Waals surface area contributed by atoms with Crippen molar-refractivity contribution in [3.63, 3.8) is 0 Å². The minimum absolute atomic E-state index is 0.0504. The highest BCUT2D eigenvalue weighted by Crippen LogP contribution is 2.30. The molecule has 0 atom stereocenters. The summed E-state index contributed by atoms with van der Waals surface area (Å²) in [5.41, 5.74) is 1.09. The molecule has 0 amide bonds. The van der Waals surface area contributed by atoms with E-state index < -0.39 is 20.0 Å². The fraction of sp³-hybridized carbons (Fsp3) is 0.0526. The third kappa shape index (κ3) is 4.84. The zero-order valence-corrected chi connectivity index (χ0v) is 19.3. The molecule has 2 N–H and O–H groups in total. The van der Waals surface area contributed by atoms with Gasteiger partial charge in [-0.25, -0.2) is 16.8 Å². The summed E-state index contributed by atoms with van der Waals surface area (Å²) >= 11 is 17.9. The number of sulfonamides is 2. The van der Waals surface area contributed by atoms with Gasteiger partial charge in [0.15, 0.2) is 0 Å². The van der Waals surface area contributed by atoms with Crippen LogP contribution in [0.4, 0.5) is 11.4 Å². The van der Waals surface area contributed by atoms with Gasteiger partial charge in [-0.2, -0.15) is 0 Å². The summed E-state index contributed by atoms with van der Waals surface area (Å²) in [6.07, 6.45) is 0. The molecular formula is C19H15Cl3N2O4S2. The van der Waals surface area contributed by atoms with Crippen molar-refractivity contribution in [1.82, 2.24) is 0 Å². The van der Waals surface area contributed by atoms with Gasteiger partial charge in [0.2, 0.25) is 0 Å². The highest BCUT2D eigenvalue weighted by Gasteiger charge is 2.21. The number of nitrogens with one attached hydrogen (secondary N) is 2. The number of anilines is 2. The van der Waals surface area contributed by atoms with Gasteiger partial charge in [-0.3, -0.25) is 9.44 Å². The molecule has 0 saturated carbocycles.